The lowest BCUT2D eigenvalue weighted by Crippen LogP contribution is -2.40. The van der Waals surface area contributed by atoms with Crippen molar-refractivity contribution in [1.82, 2.24) is 5.32 Å². The Labute approximate surface area is 72.5 Å². The minimum Gasteiger partial charge on any atom is -0.373 e. The number of carbonyl (C=O) groups excluding carboxylic acids is 1. The monoisotopic (exact) mass is 169 g/mol. The molecule has 3 atom stereocenters. The van der Waals surface area contributed by atoms with E-state index in [1.54, 1.807) is 0 Å². The van der Waals surface area contributed by atoms with Gasteiger partial charge in [0.2, 0.25) is 5.91 Å². The van der Waals surface area contributed by atoms with Crippen LogP contribution in [0.25, 0.3) is 0 Å². The molecule has 2 unspecified atom stereocenters. The van der Waals surface area contributed by atoms with Crippen LogP contribution in [0.3, 0.4) is 0 Å². The number of hydrogen-bond acceptors (Lipinski definition) is 2. The van der Waals surface area contributed by atoms with E-state index in [2.05, 4.69) is 5.32 Å². The third kappa shape index (κ3) is 1.33. The zero-order valence-corrected chi connectivity index (χ0v) is 7.38. The number of ether oxygens (including phenoxy) is 1. The van der Waals surface area contributed by atoms with Crippen LogP contribution in [0, 0.1) is 0 Å². The maximum Gasteiger partial charge on any atom is 0.220 e. The van der Waals surface area contributed by atoms with Crippen molar-refractivity contribution in [2.24, 2.45) is 0 Å². The van der Waals surface area contributed by atoms with E-state index in [9.17, 15) is 4.79 Å². The summed E-state index contributed by atoms with van der Waals surface area (Å²) in [5.41, 5.74) is 0. The Morgan fingerprint density at radius 1 is 1.58 bits per heavy atom. The first-order chi connectivity index (χ1) is 5.79. The van der Waals surface area contributed by atoms with Gasteiger partial charge in [0.15, 0.2) is 0 Å². The van der Waals surface area contributed by atoms with Gasteiger partial charge in [-0.15, -0.1) is 0 Å². The molecule has 2 heterocycles. The molecule has 1 amide bonds. The molecule has 0 saturated carbocycles. The van der Waals surface area contributed by atoms with E-state index in [1.807, 2.05) is 6.92 Å². The average molecular weight is 169 g/mol. The third-order valence-electron chi connectivity index (χ3n) is 2.77. The topological polar surface area (TPSA) is 38.3 Å². The second kappa shape index (κ2) is 3.05. The Bertz CT molecular complexity index is 193. The van der Waals surface area contributed by atoms with Crippen LogP contribution in [0.1, 0.15) is 32.6 Å². The fourth-order valence-electron chi connectivity index (χ4n) is 2.10. The van der Waals surface area contributed by atoms with Gasteiger partial charge in [-0.05, 0) is 19.3 Å². The quantitative estimate of drug-likeness (QED) is 0.665. The number of amides is 1. The molecule has 0 aliphatic carbocycles. The van der Waals surface area contributed by atoms with Gasteiger partial charge in [0.25, 0.3) is 0 Å². The zero-order valence-electron chi connectivity index (χ0n) is 7.38. The van der Waals surface area contributed by atoms with Crippen molar-refractivity contribution in [2.75, 3.05) is 0 Å². The van der Waals surface area contributed by atoms with Crippen LogP contribution in [-0.4, -0.2) is 24.2 Å². The van der Waals surface area contributed by atoms with Gasteiger partial charge in [-0.2, -0.15) is 0 Å². The van der Waals surface area contributed by atoms with Crippen LogP contribution < -0.4 is 5.32 Å². The van der Waals surface area contributed by atoms with E-state index < -0.39 is 0 Å². The van der Waals surface area contributed by atoms with Gasteiger partial charge in [0.1, 0.15) is 0 Å². The summed E-state index contributed by atoms with van der Waals surface area (Å²) in [5, 5.41) is 3.00. The number of rotatable bonds is 2. The van der Waals surface area contributed by atoms with Crippen molar-refractivity contribution in [1.29, 1.82) is 0 Å². The molecule has 68 valence electrons. The first kappa shape index (κ1) is 8.05. The molecule has 2 fully saturated rings. The molecule has 3 nitrogen and oxygen atoms in total. The Kier molecular flexibility index (Phi) is 2.05. The molecule has 1 N–H and O–H groups in total. The summed E-state index contributed by atoms with van der Waals surface area (Å²) < 4.78 is 5.62. The summed E-state index contributed by atoms with van der Waals surface area (Å²) in [5.74, 6) is 0.149. The summed E-state index contributed by atoms with van der Waals surface area (Å²) in [4.78, 5) is 11.1. The molecular weight excluding hydrogens is 154 g/mol. The fourth-order valence-corrected chi connectivity index (χ4v) is 2.10. The first-order valence-corrected chi connectivity index (χ1v) is 4.74. The highest BCUT2D eigenvalue weighted by molar-refractivity contribution is 5.75. The minimum atomic E-state index is 0.149. The molecule has 0 radical (unpaired) electrons. The van der Waals surface area contributed by atoms with Crippen LogP contribution >= 0.6 is 0 Å². The first-order valence-electron chi connectivity index (χ1n) is 4.74. The molecule has 2 aliphatic rings. The van der Waals surface area contributed by atoms with Gasteiger partial charge in [-0.3, -0.25) is 4.79 Å². The SMILES string of the molecule is CCC(=O)N[C@H]1CC2CCC1O2. The van der Waals surface area contributed by atoms with Crippen molar-refractivity contribution in [3.63, 3.8) is 0 Å². The molecule has 3 heteroatoms. The highest BCUT2D eigenvalue weighted by Crippen LogP contribution is 2.34. The number of hydrogen-bond donors (Lipinski definition) is 1. The number of nitrogens with one attached hydrogen (secondary N) is 1. The Morgan fingerprint density at radius 3 is 2.92 bits per heavy atom. The normalized spacial score (nSPS) is 38.6. The highest BCUT2D eigenvalue weighted by atomic mass is 16.5. The Morgan fingerprint density at radius 2 is 2.42 bits per heavy atom. The van der Waals surface area contributed by atoms with E-state index in [0.29, 0.717) is 24.7 Å². The predicted octanol–water partition coefficient (Wildman–Crippen LogP) is 0.832. The summed E-state index contributed by atoms with van der Waals surface area (Å²) in [6, 6.07) is 0.302. The van der Waals surface area contributed by atoms with E-state index in [1.165, 1.54) is 6.42 Å². The maximum atomic E-state index is 11.1. The summed E-state index contributed by atoms with van der Waals surface area (Å²) in [7, 11) is 0. The third-order valence-corrected chi connectivity index (χ3v) is 2.77. The average Bonchev–Trinajstić information content (AvgIpc) is 2.64. The zero-order chi connectivity index (χ0) is 8.55. The highest BCUT2D eigenvalue weighted by Gasteiger charge is 2.41. The smallest absolute Gasteiger partial charge is 0.220 e. The molecule has 0 spiro atoms. The molecular formula is C9H15NO2. The van der Waals surface area contributed by atoms with Crippen LogP contribution in [-0.2, 0) is 9.53 Å². The summed E-state index contributed by atoms with van der Waals surface area (Å²) in [6.45, 7) is 1.88. The predicted molar refractivity (Wildman–Crippen MR) is 44.7 cm³/mol. The number of fused-ring (bicyclic) bond motifs is 2. The van der Waals surface area contributed by atoms with Gasteiger partial charge >= 0.3 is 0 Å². The van der Waals surface area contributed by atoms with E-state index >= 15 is 0 Å². The lowest BCUT2D eigenvalue weighted by molar-refractivity contribution is -0.121. The van der Waals surface area contributed by atoms with Crippen molar-refractivity contribution in [2.45, 2.75) is 50.9 Å². The van der Waals surface area contributed by atoms with E-state index in [-0.39, 0.29) is 5.91 Å². The van der Waals surface area contributed by atoms with Crippen molar-refractivity contribution in [3.8, 4) is 0 Å². The summed E-state index contributed by atoms with van der Waals surface area (Å²) >= 11 is 0. The molecule has 2 aliphatic heterocycles. The fraction of sp³-hybridized carbons (Fsp3) is 0.889. The standard InChI is InChI=1S/C9H15NO2/c1-2-9(11)10-7-5-6-3-4-8(7)12-6/h6-8H,2-5H2,1H3,(H,10,11)/t6?,7-,8?/m0/s1. The lowest BCUT2D eigenvalue weighted by atomic mass is 9.95. The minimum absolute atomic E-state index is 0.149. The lowest BCUT2D eigenvalue weighted by Gasteiger charge is -2.19. The summed E-state index contributed by atoms with van der Waals surface area (Å²) in [6.07, 6.45) is 4.65. The van der Waals surface area contributed by atoms with Gasteiger partial charge in [-0.25, -0.2) is 0 Å². The molecule has 2 saturated heterocycles. The van der Waals surface area contributed by atoms with Crippen molar-refractivity contribution < 1.29 is 9.53 Å². The van der Waals surface area contributed by atoms with Gasteiger partial charge in [-0.1, -0.05) is 6.92 Å². The largest absolute Gasteiger partial charge is 0.373 e. The molecule has 2 bridgehead atoms. The second-order valence-corrected chi connectivity index (χ2v) is 3.64. The van der Waals surface area contributed by atoms with Crippen LogP contribution in [0.4, 0.5) is 0 Å². The molecule has 2 rings (SSSR count). The molecule has 12 heavy (non-hydrogen) atoms. The second-order valence-electron chi connectivity index (χ2n) is 3.64. The molecule has 0 aromatic carbocycles. The van der Waals surface area contributed by atoms with Crippen LogP contribution in [0.5, 0.6) is 0 Å². The van der Waals surface area contributed by atoms with Gasteiger partial charge in [0.05, 0.1) is 18.2 Å². The Balaban J connectivity index is 1.86. The maximum absolute atomic E-state index is 11.1. The molecule has 0 aromatic rings. The van der Waals surface area contributed by atoms with E-state index in [0.717, 1.165) is 12.8 Å². The number of carbonyl (C=O) groups is 1. The van der Waals surface area contributed by atoms with Gasteiger partial charge in [0, 0.05) is 6.42 Å². The van der Waals surface area contributed by atoms with Crippen molar-refractivity contribution >= 4 is 5.91 Å². The molecule has 0 aromatic heterocycles. The van der Waals surface area contributed by atoms with Crippen molar-refractivity contribution in [3.05, 3.63) is 0 Å². The van der Waals surface area contributed by atoms with Gasteiger partial charge < -0.3 is 10.1 Å². The van der Waals surface area contributed by atoms with E-state index in [4.69, 9.17) is 4.74 Å². The Hall–Kier alpha value is -0.570. The van der Waals surface area contributed by atoms with Crippen LogP contribution in [0.2, 0.25) is 0 Å². The van der Waals surface area contributed by atoms with Crippen LogP contribution in [0.15, 0.2) is 0 Å².